The standard InChI is InChI=1S/C25H29FN4O2/c1-15-28-20-12-18(26)7-8-21(20)30(15)22-9-10-29(14-23(22)32-2)13-17-11-16-5-3-4-6-19(16)24(17)25(27)31/h3-8,12,17,22-24H,9-11,13-14H2,1-2H3,(H2,27,31)/t17?,22-,23-,24?/m1/s1. The summed E-state index contributed by atoms with van der Waals surface area (Å²) in [4.78, 5) is 19.2. The van der Waals surface area contributed by atoms with Crippen LogP contribution in [-0.4, -0.2) is 53.2 Å². The summed E-state index contributed by atoms with van der Waals surface area (Å²) in [7, 11) is 1.74. The highest BCUT2D eigenvalue weighted by atomic mass is 19.1. The molecule has 0 spiro atoms. The number of nitrogens with two attached hydrogens (primary N) is 1. The molecule has 0 bridgehead atoms. The van der Waals surface area contributed by atoms with E-state index in [2.05, 4.69) is 20.5 Å². The Balaban J connectivity index is 1.35. The molecule has 4 atom stereocenters. The minimum atomic E-state index is -0.276. The van der Waals surface area contributed by atoms with Crippen molar-refractivity contribution in [2.45, 2.75) is 37.8 Å². The van der Waals surface area contributed by atoms with Gasteiger partial charge in [0.25, 0.3) is 0 Å². The number of ether oxygens (including phenoxy) is 1. The Labute approximate surface area is 187 Å². The van der Waals surface area contributed by atoms with E-state index in [1.807, 2.05) is 25.1 Å². The normalized spacial score (nSPS) is 25.8. The van der Waals surface area contributed by atoms with Gasteiger partial charge in [0.2, 0.25) is 5.91 Å². The predicted molar refractivity (Wildman–Crippen MR) is 121 cm³/mol. The molecule has 1 amide bonds. The number of amides is 1. The van der Waals surface area contributed by atoms with Gasteiger partial charge in [-0.15, -0.1) is 0 Å². The number of hydrogen-bond donors (Lipinski definition) is 1. The van der Waals surface area contributed by atoms with Gasteiger partial charge in [-0.05, 0) is 48.9 Å². The highest BCUT2D eigenvalue weighted by molar-refractivity contribution is 5.83. The molecular formula is C25H29FN4O2. The lowest BCUT2D eigenvalue weighted by Crippen LogP contribution is -2.48. The first-order chi connectivity index (χ1) is 15.5. The number of primary amides is 1. The maximum absolute atomic E-state index is 13.7. The number of likely N-dealkylation sites (tertiary alicyclic amines) is 1. The molecule has 2 heterocycles. The zero-order valence-corrected chi connectivity index (χ0v) is 18.5. The van der Waals surface area contributed by atoms with E-state index < -0.39 is 0 Å². The molecule has 1 fully saturated rings. The molecular weight excluding hydrogens is 407 g/mol. The molecule has 2 unspecified atom stereocenters. The Hall–Kier alpha value is -2.77. The lowest BCUT2D eigenvalue weighted by atomic mass is 9.90. The predicted octanol–water partition coefficient (Wildman–Crippen LogP) is 3.19. The maximum Gasteiger partial charge on any atom is 0.225 e. The summed E-state index contributed by atoms with van der Waals surface area (Å²) >= 11 is 0. The van der Waals surface area contributed by atoms with Crippen LogP contribution in [0.15, 0.2) is 42.5 Å². The van der Waals surface area contributed by atoms with E-state index in [1.165, 1.54) is 17.7 Å². The van der Waals surface area contributed by atoms with Crippen LogP contribution in [0.5, 0.6) is 0 Å². The van der Waals surface area contributed by atoms with Crippen molar-refractivity contribution < 1.29 is 13.9 Å². The number of aromatic nitrogens is 2. The van der Waals surface area contributed by atoms with Crippen LogP contribution in [0.1, 0.15) is 35.3 Å². The van der Waals surface area contributed by atoms with Crippen LogP contribution in [-0.2, 0) is 16.0 Å². The number of aryl methyl sites for hydroxylation is 1. The van der Waals surface area contributed by atoms with Crippen LogP contribution in [0.25, 0.3) is 11.0 Å². The van der Waals surface area contributed by atoms with E-state index in [1.54, 1.807) is 13.2 Å². The first-order valence-electron chi connectivity index (χ1n) is 11.2. The van der Waals surface area contributed by atoms with Gasteiger partial charge in [0.1, 0.15) is 11.6 Å². The Kier molecular flexibility index (Phi) is 5.47. The third-order valence-electron chi connectivity index (χ3n) is 7.21. The molecule has 5 rings (SSSR count). The van der Waals surface area contributed by atoms with Crippen molar-refractivity contribution in [3.63, 3.8) is 0 Å². The number of halogens is 1. The second kappa shape index (κ2) is 8.30. The summed E-state index contributed by atoms with van der Waals surface area (Å²) in [6.45, 7) is 4.43. The number of imidazole rings is 1. The zero-order valence-electron chi connectivity index (χ0n) is 18.5. The van der Waals surface area contributed by atoms with Crippen molar-refractivity contribution in [3.05, 3.63) is 65.2 Å². The van der Waals surface area contributed by atoms with Gasteiger partial charge in [0.15, 0.2) is 0 Å². The third-order valence-corrected chi connectivity index (χ3v) is 7.21. The van der Waals surface area contributed by atoms with E-state index in [4.69, 9.17) is 10.5 Å². The van der Waals surface area contributed by atoms with Gasteiger partial charge in [-0.1, -0.05) is 24.3 Å². The van der Waals surface area contributed by atoms with Crippen molar-refractivity contribution in [2.75, 3.05) is 26.7 Å². The summed E-state index contributed by atoms with van der Waals surface area (Å²) in [6, 6.07) is 13.0. The minimum Gasteiger partial charge on any atom is -0.378 e. The van der Waals surface area contributed by atoms with Gasteiger partial charge in [0, 0.05) is 32.8 Å². The average Bonchev–Trinajstić information content (AvgIpc) is 3.29. The van der Waals surface area contributed by atoms with Gasteiger partial charge in [-0.25, -0.2) is 9.37 Å². The van der Waals surface area contributed by atoms with Gasteiger partial charge in [-0.2, -0.15) is 0 Å². The number of nitrogens with zero attached hydrogens (tertiary/aromatic N) is 3. The Morgan fingerprint density at radius 3 is 2.88 bits per heavy atom. The van der Waals surface area contributed by atoms with Gasteiger partial charge >= 0.3 is 0 Å². The quantitative estimate of drug-likeness (QED) is 0.667. The molecule has 1 aliphatic heterocycles. The lowest BCUT2D eigenvalue weighted by Gasteiger charge is -2.40. The fraction of sp³-hybridized carbons (Fsp3) is 0.440. The number of carbonyl (C=O) groups is 1. The minimum absolute atomic E-state index is 0.0271. The molecule has 32 heavy (non-hydrogen) atoms. The molecule has 2 aromatic carbocycles. The monoisotopic (exact) mass is 436 g/mol. The molecule has 168 valence electrons. The summed E-state index contributed by atoms with van der Waals surface area (Å²) in [6.07, 6.45) is 1.74. The summed E-state index contributed by atoms with van der Waals surface area (Å²) in [5, 5.41) is 0. The van der Waals surface area contributed by atoms with Crippen molar-refractivity contribution in [2.24, 2.45) is 11.7 Å². The second-order valence-corrected chi connectivity index (χ2v) is 9.09. The van der Waals surface area contributed by atoms with E-state index in [0.29, 0.717) is 5.52 Å². The van der Waals surface area contributed by atoms with E-state index in [0.717, 1.165) is 49.4 Å². The fourth-order valence-corrected chi connectivity index (χ4v) is 5.84. The molecule has 0 saturated carbocycles. The summed E-state index contributed by atoms with van der Waals surface area (Å²) < 4.78 is 21.8. The number of benzene rings is 2. The molecule has 6 nitrogen and oxygen atoms in total. The fourth-order valence-electron chi connectivity index (χ4n) is 5.84. The lowest BCUT2D eigenvalue weighted by molar-refractivity contribution is -0.120. The number of carbonyl (C=O) groups excluding carboxylic acids is 1. The Bertz CT molecular complexity index is 1160. The molecule has 2 N–H and O–H groups in total. The highest BCUT2D eigenvalue weighted by Gasteiger charge is 2.39. The number of hydrogen-bond acceptors (Lipinski definition) is 4. The molecule has 1 aliphatic carbocycles. The Morgan fingerprint density at radius 2 is 2.09 bits per heavy atom. The van der Waals surface area contributed by atoms with Gasteiger partial charge < -0.3 is 19.9 Å². The van der Waals surface area contributed by atoms with Crippen molar-refractivity contribution in [1.29, 1.82) is 0 Å². The molecule has 1 aromatic heterocycles. The maximum atomic E-state index is 13.7. The number of piperidine rings is 1. The first-order valence-corrected chi connectivity index (χ1v) is 11.2. The second-order valence-electron chi connectivity index (χ2n) is 9.09. The first kappa shape index (κ1) is 21.1. The van der Waals surface area contributed by atoms with Crippen LogP contribution in [0.4, 0.5) is 4.39 Å². The van der Waals surface area contributed by atoms with Gasteiger partial charge in [-0.3, -0.25) is 4.79 Å². The molecule has 7 heteroatoms. The van der Waals surface area contributed by atoms with Crippen molar-refractivity contribution >= 4 is 16.9 Å². The third kappa shape index (κ3) is 3.59. The van der Waals surface area contributed by atoms with Crippen LogP contribution in [0, 0.1) is 18.7 Å². The largest absolute Gasteiger partial charge is 0.378 e. The molecule has 3 aromatic rings. The van der Waals surface area contributed by atoms with Crippen molar-refractivity contribution in [1.82, 2.24) is 14.5 Å². The van der Waals surface area contributed by atoms with Crippen LogP contribution in [0.2, 0.25) is 0 Å². The topological polar surface area (TPSA) is 73.4 Å². The smallest absolute Gasteiger partial charge is 0.225 e. The number of methoxy groups -OCH3 is 1. The average molecular weight is 437 g/mol. The van der Waals surface area contributed by atoms with Crippen LogP contribution >= 0.6 is 0 Å². The SMILES string of the molecule is CO[C@@H]1CN(CC2Cc3ccccc3C2C(N)=O)CC[C@H]1n1c(C)nc2cc(F)ccc21. The highest BCUT2D eigenvalue weighted by Crippen LogP contribution is 2.39. The van der Waals surface area contributed by atoms with Gasteiger partial charge in [0.05, 0.1) is 29.1 Å². The Morgan fingerprint density at radius 1 is 1.28 bits per heavy atom. The van der Waals surface area contributed by atoms with E-state index in [9.17, 15) is 9.18 Å². The van der Waals surface area contributed by atoms with Crippen LogP contribution < -0.4 is 5.73 Å². The zero-order chi connectivity index (χ0) is 22.4. The van der Waals surface area contributed by atoms with E-state index in [-0.39, 0.29) is 35.7 Å². The summed E-state index contributed by atoms with van der Waals surface area (Å²) in [5.41, 5.74) is 9.73. The number of rotatable bonds is 5. The van der Waals surface area contributed by atoms with Crippen LogP contribution in [0.3, 0.4) is 0 Å². The van der Waals surface area contributed by atoms with E-state index >= 15 is 0 Å². The molecule has 2 aliphatic rings. The molecule has 1 saturated heterocycles. The number of fused-ring (bicyclic) bond motifs is 2. The van der Waals surface area contributed by atoms with Crippen molar-refractivity contribution in [3.8, 4) is 0 Å². The molecule has 0 radical (unpaired) electrons. The summed E-state index contributed by atoms with van der Waals surface area (Å²) in [5.74, 6) is 0.288.